The van der Waals surface area contributed by atoms with Crippen molar-refractivity contribution >= 4 is 23.2 Å². The maximum Gasteiger partial charge on any atom is 0.221 e. The van der Waals surface area contributed by atoms with Crippen LogP contribution < -0.4 is 5.32 Å². The summed E-state index contributed by atoms with van der Waals surface area (Å²) in [5, 5.41) is 2.71. The van der Waals surface area contributed by atoms with Gasteiger partial charge in [-0.2, -0.15) is 0 Å². The highest BCUT2D eigenvalue weighted by molar-refractivity contribution is 6.17. The van der Waals surface area contributed by atoms with E-state index >= 15 is 0 Å². The van der Waals surface area contributed by atoms with Crippen LogP contribution in [0.25, 0.3) is 0 Å². The first-order valence-corrected chi connectivity index (χ1v) is 4.60. The molecule has 13 heavy (non-hydrogen) atoms. The third-order valence-electron chi connectivity index (χ3n) is 1.81. The number of nitrogens with one attached hydrogen (secondary N) is 1. The van der Waals surface area contributed by atoms with E-state index in [4.69, 9.17) is 11.6 Å². The van der Waals surface area contributed by atoms with Crippen LogP contribution >= 0.6 is 11.6 Å². The molecule has 0 aliphatic carbocycles. The fourth-order valence-electron chi connectivity index (χ4n) is 1.13. The lowest BCUT2D eigenvalue weighted by Gasteiger charge is -2.06. The SMILES string of the molecule is CC(=O)Nc1ccc(CCl)c(C)c1. The summed E-state index contributed by atoms with van der Waals surface area (Å²) in [4.78, 5) is 10.7. The van der Waals surface area contributed by atoms with Gasteiger partial charge in [0, 0.05) is 18.5 Å². The van der Waals surface area contributed by atoms with Gasteiger partial charge in [0.15, 0.2) is 0 Å². The van der Waals surface area contributed by atoms with Crippen LogP contribution in [-0.4, -0.2) is 5.91 Å². The second-order valence-corrected chi connectivity index (χ2v) is 3.22. The number of alkyl halides is 1. The second kappa shape index (κ2) is 4.28. The molecule has 0 unspecified atom stereocenters. The zero-order chi connectivity index (χ0) is 9.84. The minimum absolute atomic E-state index is 0.0574. The molecule has 0 spiro atoms. The first-order chi connectivity index (χ1) is 6.13. The number of carbonyl (C=O) groups excluding carboxylic acids is 1. The normalized spacial score (nSPS) is 9.77. The zero-order valence-corrected chi connectivity index (χ0v) is 8.48. The molecular formula is C10H12ClNO. The second-order valence-electron chi connectivity index (χ2n) is 2.96. The molecule has 0 heterocycles. The maximum atomic E-state index is 10.7. The van der Waals surface area contributed by atoms with Crippen LogP contribution in [0.3, 0.4) is 0 Å². The summed E-state index contributed by atoms with van der Waals surface area (Å²) in [7, 11) is 0. The van der Waals surface area contributed by atoms with Crippen LogP contribution in [0.4, 0.5) is 5.69 Å². The topological polar surface area (TPSA) is 29.1 Å². The highest BCUT2D eigenvalue weighted by Gasteiger charge is 1.99. The number of hydrogen-bond acceptors (Lipinski definition) is 1. The van der Waals surface area contributed by atoms with E-state index in [1.54, 1.807) is 0 Å². The van der Waals surface area contributed by atoms with E-state index in [2.05, 4.69) is 5.32 Å². The summed E-state index contributed by atoms with van der Waals surface area (Å²) < 4.78 is 0. The maximum absolute atomic E-state index is 10.7. The van der Waals surface area contributed by atoms with Crippen molar-refractivity contribution in [1.82, 2.24) is 0 Å². The van der Waals surface area contributed by atoms with Gasteiger partial charge < -0.3 is 5.32 Å². The zero-order valence-electron chi connectivity index (χ0n) is 7.73. The molecule has 1 amide bonds. The highest BCUT2D eigenvalue weighted by Crippen LogP contribution is 2.16. The average Bonchev–Trinajstić information content (AvgIpc) is 2.03. The van der Waals surface area contributed by atoms with E-state index in [-0.39, 0.29) is 5.91 Å². The molecular weight excluding hydrogens is 186 g/mol. The van der Waals surface area contributed by atoms with Crippen LogP contribution in [0.2, 0.25) is 0 Å². The first-order valence-electron chi connectivity index (χ1n) is 4.06. The molecule has 0 saturated heterocycles. The number of carbonyl (C=O) groups is 1. The van der Waals surface area contributed by atoms with Crippen LogP contribution in [0.5, 0.6) is 0 Å². The molecule has 1 aromatic carbocycles. The molecule has 0 fully saturated rings. The van der Waals surface area contributed by atoms with Crippen molar-refractivity contribution < 1.29 is 4.79 Å². The minimum atomic E-state index is -0.0574. The summed E-state index contributed by atoms with van der Waals surface area (Å²) in [6.45, 7) is 3.47. The van der Waals surface area contributed by atoms with Gasteiger partial charge in [-0.25, -0.2) is 0 Å². The van der Waals surface area contributed by atoms with Crippen LogP contribution in [0.1, 0.15) is 18.1 Å². The lowest BCUT2D eigenvalue weighted by molar-refractivity contribution is -0.114. The van der Waals surface area contributed by atoms with E-state index in [1.165, 1.54) is 6.92 Å². The summed E-state index contributed by atoms with van der Waals surface area (Å²) >= 11 is 5.70. The van der Waals surface area contributed by atoms with Gasteiger partial charge in [-0.3, -0.25) is 4.79 Å². The molecule has 0 aliphatic heterocycles. The van der Waals surface area contributed by atoms with E-state index in [0.29, 0.717) is 5.88 Å². The average molecular weight is 198 g/mol. The van der Waals surface area contributed by atoms with Gasteiger partial charge in [0.25, 0.3) is 0 Å². The van der Waals surface area contributed by atoms with E-state index in [9.17, 15) is 4.79 Å². The Morgan fingerprint density at radius 1 is 1.54 bits per heavy atom. The smallest absolute Gasteiger partial charge is 0.221 e. The highest BCUT2D eigenvalue weighted by atomic mass is 35.5. The Balaban J connectivity index is 2.89. The molecule has 2 nitrogen and oxygen atoms in total. The van der Waals surface area contributed by atoms with Crippen molar-refractivity contribution in [3.8, 4) is 0 Å². The van der Waals surface area contributed by atoms with Gasteiger partial charge in [0.05, 0.1) is 0 Å². The number of halogens is 1. The molecule has 0 bridgehead atoms. The monoisotopic (exact) mass is 197 g/mol. The fraction of sp³-hybridized carbons (Fsp3) is 0.300. The number of anilines is 1. The molecule has 1 N–H and O–H groups in total. The summed E-state index contributed by atoms with van der Waals surface area (Å²) in [6.07, 6.45) is 0. The van der Waals surface area contributed by atoms with Gasteiger partial charge in [-0.15, -0.1) is 11.6 Å². The van der Waals surface area contributed by atoms with Crippen molar-refractivity contribution in [2.24, 2.45) is 0 Å². The predicted molar refractivity (Wildman–Crippen MR) is 55.0 cm³/mol. The number of amides is 1. The largest absolute Gasteiger partial charge is 0.326 e. The molecule has 70 valence electrons. The van der Waals surface area contributed by atoms with Crippen LogP contribution in [-0.2, 0) is 10.7 Å². The van der Waals surface area contributed by atoms with Crippen LogP contribution in [0.15, 0.2) is 18.2 Å². The molecule has 0 aromatic heterocycles. The summed E-state index contributed by atoms with van der Waals surface area (Å²) in [5.41, 5.74) is 3.01. The predicted octanol–water partition coefficient (Wildman–Crippen LogP) is 2.69. The lowest BCUT2D eigenvalue weighted by Crippen LogP contribution is -2.05. The van der Waals surface area contributed by atoms with E-state index in [1.807, 2.05) is 25.1 Å². The van der Waals surface area contributed by atoms with Gasteiger partial charge in [0.1, 0.15) is 0 Å². The van der Waals surface area contributed by atoms with Gasteiger partial charge in [0.2, 0.25) is 5.91 Å². The molecule has 0 saturated carbocycles. The molecule has 0 radical (unpaired) electrons. The van der Waals surface area contributed by atoms with Crippen molar-refractivity contribution in [1.29, 1.82) is 0 Å². The molecule has 1 aromatic rings. The molecule has 1 rings (SSSR count). The Hall–Kier alpha value is -1.02. The third kappa shape index (κ3) is 2.74. The Morgan fingerprint density at radius 3 is 2.69 bits per heavy atom. The Morgan fingerprint density at radius 2 is 2.23 bits per heavy atom. The van der Waals surface area contributed by atoms with E-state index < -0.39 is 0 Å². The standard InChI is InChI=1S/C10H12ClNO/c1-7-5-10(12-8(2)13)4-3-9(7)6-11/h3-5H,6H2,1-2H3,(H,12,13). The quantitative estimate of drug-likeness (QED) is 0.726. The van der Waals surface area contributed by atoms with Gasteiger partial charge >= 0.3 is 0 Å². The Labute approximate surface area is 82.9 Å². The van der Waals surface area contributed by atoms with Crippen molar-refractivity contribution in [3.63, 3.8) is 0 Å². The number of benzene rings is 1. The summed E-state index contributed by atoms with van der Waals surface area (Å²) in [5.74, 6) is 0.449. The number of rotatable bonds is 2. The van der Waals surface area contributed by atoms with Gasteiger partial charge in [-0.05, 0) is 30.2 Å². The first kappa shape index (κ1) is 10.1. The van der Waals surface area contributed by atoms with Crippen molar-refractivity contribution in [2.45, 2.75) is 19.7 Å². The minimum Gasteiger partial charge on any atom is -0.326 e. The summed E-state index contributed by atoms with van der Waals surface area (Å²) in [6, 6.07) is 5.69. The molecule has 0 aliphatic rings. The number of hydrogen-bond donors (Lipinski definition) is 1. The Bertz CT molecular complexity index is 323. The molecule has 0 atom stereocenters. The van der Waals surface area contributed by atoms with Gasteiger partial charge in [-0.1, -0.05) is 6.07 Å². The van der Waals surface area contributed by atoms with Crippen molar-refractivity contribution in [3.05, 3.63) is 29.3 Å². The third-order valence-corrected chi connectivity index (χ3v) is 2.09. The van der Waals surface area contributed by atoms with E-state index in [0.717, 1.165) is 16.8 Å². The Kier molecular flexibility index (Phi) is 3.32. The number of aryl methyl sites for hydroxylation is 1. The molecule has 3 heteroatoms. The fourth-order valence-corrected chi connectivity index (χ4v) is 1.43. The van der Waals surface area contributed by atoms with Crippen molar-refractivity contribution in [2.75, 3.05) is 5.32 Å². The van der Waals surface area contributed by atoms with Crippen LogP contribution in [0, 0.1) is 6.92 Å². The lowest BCUT2D eigenvalue weighted by atomic mass is 10.1.